The van der Waals surface area contributed by atoms with Crippen LogP contribution in [0.2, 0.25) is 0 Å². The number of benzene rings is 2. The molecule has 4 aromatic rings. The summed E-state index contributed by atoms with van der Waals surface area (Å²) in [5.74, 6) is 0.233. The van der Waals surface area contributed by atoms with Crippen LogP contribution in [0.15, 0.2) is 62.9 Å². The van der Waals surface area contributed by atoms with Crippen LogP contribution < -0.4 is 5.56 Å². The number of rotatable bonds is 3. The van der Waals surface area contributed by atoms with E-state index in [0.29, 0.717) is 16.7 Å². The molecule has 0 fully saturated rings. The van der Waals surface area contributed by atoms with E-state index in [1.54, 1.807) is 37.4 Å². The first-order chi connectivity index (χ1) is 13.8. The molecule has 0 radical (unpaired) electrons. The second kappa shape index (κ2) is 7.40. The monoisotopic (exact) mass is 452 g/mol. The Morgan fingerprint density at radius 1 is 1.07 bits per heavy atom. The Balaban J connectivity index is 1.78. The predicted molar refractivity (Wildman–Crippen MR) is 117 cm³/mol. The van der Waals surface area contributed by atoms with Crippen molar-refractivity contribution in [1.29, 1.82) is 0 Å². The smallest absolute Gasteiger partial charge is 0.282 e. The normalized spacial score (nSPS) is 11.6. The molecule has 29 heavy (non-hydrogen) atoms. The minimum atomic E-state index is -0.275. The van der Waals surface area contributed by atoms with Gasteiger partial charge in [0.25, 0.3) is 5.56 Å². The molecule has 0 N–H and O–H groups in total. The highest BCUT2D eigenvalue weighted by molar-refractivity contribution is 9.10. The van der Waals surface area contributed by atoms with Crippen LogP contribution in [0.25, 0.3) is 16.6 Å². The Morgan fingerprint density at radius 2 is 1.79 bits per heavy atom. The van der Waals surface area contributed by atoms with Crippen molar-refractivity contribution in [3.63, 3.8) is 0 Å². The minimum absolute atomic E-state index is 0.225. The Labute approximate surface area is 175 Å². The van der Waals surface area contributed by atoms with Crippen LogP contribution >= 0.6 is 15.9 Å². The lowest BCUT2D eigenvalue weighted by atomic mass is 10.2. The van der Waals surface area contributed by atoms with Crippen LogP contribution in [-0.2, 0) is 0 Å². The van der Waals surface area contributed by atoms with Gasteiger partial charge in [-0.25, -0.2) is 9.37 Å². The van der Waals surface area contributed by atoms with Crippen LogP contribution in [0, 0.1) is 26.6 Å². The van der Waals surface area contributed by atoms with Crippen molar-refractivity contribution >= 4 is 33.0 Å². The fraction of sp³-hybridized carbons (Fsp3) is 0.136. The van der Waals surface area contributed by atoms with E-state index < -0.39 is 0 Å². The van der Waals surface area contributed by atoms with Crippen LogP contribution in [0.3, 0.4) is 0 Å². The average Bonchev–Trinajstić information content (AvgIpc) is 2.97. The summed E-state index contributed by atoms with van der Waals surface area (Å²) in [5.41, 5.74) is 4.08. The van der Waals surface area contributed by atoms with Crippen molar-refractivity contribution in [2.24, 2.45) is 5.10 Å². The molecule has 2 heterocycles. The molecule has 146 valence electrons. The van der Waals surface area contributed by atoms with Crippen molar-refractivity contribution in [3.05, 3.63) is 92.0 Å². The molecule has 5 nitrogen and oxygen atoms in total. The fourth-order valence-electron chi connectivity index (χ4n) is 3.42. The van der Waals surface area contributed by atoms with Crippen molar-refractivity contribution in [2.45, 2.75) is 20.8 Å². The largest absolute Gasteiger partial charge is 0.318 e. The Bertz CT molecular complexity index is 1320. The zero-order chi connectivity index (χ0) is 20.7. The first-order valence-electron chi connectivity index (χ1n) is 9.03. The summed E-state index contributed by atoms with van der Waals surface area (Å²) in [4.78, 5) is 17.4. The van der Waals surface area contributed by atoms with Crippen LogP contribution in [-0.4, -0.2) is 20.4 Å². The van der Waals surface area contributed by atoms with Gasteiger partial charge in [0.2, 0.25) is 0 Å². The van der Waals surface area contributed by atoms with E-state index in [2.05, 4.69) is 26.0 Å². The van der Waals surface area contributed by atoms with Gasteiger partial charge in [0.05, 0.1) is 17.1 Å². The molecule has 7 heteroatoms. The van der Waals surface area contributed by atoms with E-state index in [1.807, 2.05) is 30.5 Å². The first-order valence-corrected chi connectivity index (χ1v) is 9.82. The lowest BCUT2D eigenvalue weighted by Gasteiger charge is -2.09. The summed E-state index contributed by atoms with van der Waals surface area (Å²) in [5, 5.41) is 4.91. The number of hydrogen-bond acceptors (Lipinski definition) is 3. The molecule has 0 saturated heterocycles. The maximum absolute atomic E-state index is 13.3. The van der Waals surface area contributed by atoms with Gasteiger partial charge in [-0.2, -0.15) is 9.78 Å². The van der Waals surface area contributed by atoms with Crippen molar-refractivity contribution in [1.82, 2.24) is 14.2 Å². The number of halogens is 2. The number of fused-ring (bicyclic) bond motifs is 1. The third-order valence-corrected chi connectivity index (χ3v) is 5.33. The molecule has 0 atom stereocenters. The number of hydrogen-bond donors (Lipinski definition) is 0. The molecule has 0 saturated carbocycles. The maximum Gasteiger partial charge on any atom is 0.282 e. The van der Waals surface area contributed by atoms with E-state index in [0.717, 1.165) is 27.1 Å². The molecule has 4 rings (SSSR count). The van der Waals surface area contributed by atoms with Gasteiger partial charge in [-0.3, -0.25) is 4.79 Å². The molecule has 0 aliphatic heterocycles. The molecule has 0 aliphatic carbocycles. The summed E-state index contributed by atoms with van der Waals surface area (Å²) in [6.45, 7) is 5.69. The van der Waals surface area contributed by atoms with Crippen LogP contribution in [0.4, 0.5) is 4.39 Å². The van der Waals surface area contributed by atoms with Gasteiger partial charge >= 0.3 is 0 Å². The van der Waals surface area contributed by atoms with Crippen molar-refractivity contribution < 1.29 is 4.39 Å². The fourth-order valence-corrected chi connectivity index (χ4v) is 3.78. The van der Waals surface area contributed by atoms with Crippen LogP contribution in [0.5, 0.6) is 0 Å². The molecular formula is C22H18BrFN4O. The Hall–Kier alpha value is -3.06. The van der Waals surface area contributed by atoms with Gasteiger partial charge in [0.15, 0.2) is 0 Å². The number of aromatic nitrogens is 3. The SMILES string of the molecule is Cc1cc(C=Nn2c(C)nc3ccc(Br)cc3c2=O)c(C)n1-c1ccc(F)cc1. The minimum Gasteiger partial charge on any atom is -0.318 e. The molecule has 0 aliphatic rings. The molecular weight excluding hydrogens is 435 g/mol. The lowest BCUT2D eigenvalue weighted by Crippen LogP contribution is -2.20. The molecule has 0 amide bonds. The predicted octanol–water partition coefficient (Wildman–Crippen LogP) is 4.90. The summed E-state index contributed by atoms with van der Waals surface area (Å²) < 4.78 is 17.4. The second-order valence-electron chi connectivity index (χ2n) is 6.82. The maximum atomic E-state index is 13.3. The molecule has 0 spiro atoms. The summed E-state index contributed by atoms with van der Waals surface area (Å²) >= 11 is 3.39. The standard InChI is InChI=1S/C22H18BrFN4O/c1-13-10-16(14(2)27(13)19-7-5-18(24)6-8-19)12-25-28-15(3)26-21-9-4-17(23)11-20(21)22(28)29/h4-12H,1-3H3. The van der Waals surface area contributed by atoms with E-state index in [1.165, 1.54) is 16.8 Å². The van der Waals surface area contributed by atoms with E-state index in [4.69, 9.17) is 0 Å². The summed E-state index contributed by atoms with van der Waals surface area (Å²) in [6, 6.07) is 13.7. The average molecular weight is 453 g/mol. The summed E-state index contributed by atoms with van der Waals surface area (Å²) in [6.07, 6.45) is 1.66. The quantitative estimate of drug-likeness (QED) is 0.415. The highest BCUT2D eigenvalue weighted by Gasteiger charge is 2.11. The highest BCUT2D eigenvalue weighted by Crippen LogP contribution is 2.20. The van der Waals surface area contributed by atoms with E-state index in [-0.39, 0.29) is 11.4 Å². The van der Waals surface area contributed by atoms with Gasteiger partial charge in [0.1, 0.15) is 11.6 Å². The third kappa shape index (κ3) is 3.53. The Kier molecular flexibility index (Phi) is 4.92. The zero-order valence-corrected chi connectivity index (χ0v) is 17.7. The molecule has 2 aromatic carbocycles. The number of nitrogens with zero attached hydrogens (tertiary/aromatic N) is 4. The zero-order valence-electron chi connectivity index (χ0n) is 16.1. The van der Waals surface area contributed by atoms with Gasteiger partial charge in [-0.1, -0.05) is 15.9 Å². The Morgan fingerprint density at radius 3 is 2.52 bits per heavy atom. The van der Waals surface area contributed by atoms with Crippen LogP contribution in [0.1, 0.15) is 22.8 Å². The molecule has 0 unspecified atom stereocenters. The number of aryl methyl sites for hydroxylation is 2. The highest BCUT2D eigenvalue weighted by atomic mass is 79.9. The van der Waals surface area contributed by atoms with Gasteiger partial charge in [-0.15, -0.1) is 0 Å². The van der Waals surface area contributed by atoms with E-state index >= 15 is 0 Å². The van der Waals surface area contributed by atoms with Crippen molar-refractivity contribution in [2.75, 3.05) is 0 Å². The first kappa shape index (κ1) is 19.3. The molecule has 2 aromatic heterocycles. The van der Waals surface area contributed by atoms with Crippen molar-refractivity contribution in [3.8, 4) is 5.69 Å². The molecule has 0 bridgehead atoms. The topological polar surface area (TPSA) is 52.2 Å². The summed E-state index contributed by atoms with van der Waals surface area (Å²) in [7, 11) is 0. The van der Waals surface area contributed by atoms with Gasteiger partial charge in [0, 0.05) is 27.1 Å². The second-order valence-corrected chi connectivity index (χ2v) is 7.74. The lowest BCUT2D eigenvalue weighted by molar-refractivity contribution is 0.627. The van der Waals surface area contributed by atoms with E-state index in [9.17, 15) is 9.18 Å². The third-order valence-electron chi connectivity index (χ3n) is 4.84. The van der Waals surface area contributed by atoms with Gasteiger partial charge < -0.3 is 4.57 Å². The van der Waals surface area contributed by atoms with Gasteiger partial charge in [-0.05, 0) is 69.3 Å².